The van der Waals surface area contributed by atoms with Crippen molar-refractivity contribution >= 4 is 22.5 Å². The van der Waals surface area contributed by atoms with Gasteiger partial charge in [-0.1, -0.05) is 18.2 Å². The molecule has 0 fully saturated rings. The van der Waals surface area contributed by atoms with Crippen LogP contribution in [0.15, 0.2) is 24.3 Å². The Balaban J connectivity index is 2.43. The Labute approximate surface area is 91.5 Å². The number of aliphatic hydroxyl groups is 2. The summed E-state index contributed by atoms with van der Waals surface area (Å²) in [7, 11) is 0. The fourth-order valence-electron chi connectivity index (χ4n) is 1.48. The quantitative estimate of drug-likeness (QED) is 0.689. The highest BCUT2D eigenvalue weighted by Gasteiger charge is 2.21. The molecule has 2 unspecified atom stereocenters. The van der Waals surface area contributed by atoms with E-state index in [4.69, 9.17) is 11.6 Å². The molecule has 1 aromatic heterocycles. The zero-order valence-electron chi connectivity index (χ0n) is 7.89. The lowest BCUT2D eigenvalue weighted by Crippen LogP contribution is -2.20. The Kier molecular flexibility index (Phi) is 2.90. The predicted octanol–water partition coefficient (Wildman–Crippen LogP) is 1.20. The first-order valence-electron chi connectivity index (χ1n) is 4.59. The SMILES string of the molecule is OC(CCl)C(O)c1[nH]nc2ccccc12. The van der Waals surface area contributed by atoms with Crippen molar-refractivity contribution in [3.05, 3.63) is 30.0 Å². The Morgan fingerprint density at radius 3 is 2.80 bits per heavy atom. The highest BCUT2D eigenvalue weighted by molar-refractivity contribution is 6.18. The van der Waals surface area contributed by atoms with Crippen molar-refractivity contribution in [3.63, 3.8) is 0 Å². The molecule has 1 heterocycles. The van der Waals surface area contributed by atoms with Gasteiger partial charge in [0.2, 0.25) is 0 Å². The summed E-state index contributed by atoms with van der Waals surface area (Å²) >= 11 is 5.47. The number of nitrogens with one attached hydrogen (secondary N) is 1. The second-order valence-corrected chi connectivity index (χ2v) is 3.63. The summed E-state index contributed by atoms with van der Waals surface area (Å²) in [5.41, 5.74) is 1.26. The summed E-state index contributed by atoms with van der Waals surface area (Å²) in [6, 6.07) is 7.37. The minimum absolute atomic E-state index is 0.0193. The maximum absolute atomic E-state index is 9.77. The lowest BCUT2D eigenvalue weighted by Gasteiger charge is -2.13. The Bertz CT molecular complexity index is 457. The van der Waals surface area contributed by atoms with E-state index in [1.54, 1.807) is 0 Å². The van der Waals surface area contributed by atoms with Crippen molar-refractivity contribution in [1.29, 1.82) is 0 Å². The standard InChI is InChI=1S/C10H11ClN2O2/c11-5-8(14)10(15)9-6-3-1-2-4-7(6)12-13-9/h1-4,8,10,14-15H,5H2,(H,12,13). The molecule has 0 saturated heterocycles. The smallest absolute Gasteiger partial charge is 0.123 e. The Morgan fingerprint density at radius 2 is 2.07 bits per heavy atom. The molecule has 0 radical (unpaired) electrons. The molecule has 5 heteroatoms. The topological polar surface area (TPSA) is 69.1 Å². The van der Waals surface area contributed by atoms with E-state index in [1.807, 2.05) is 24.3 Å². The Morgan fingerprint density at radius 1 is 1.33 bits per heavy atom. The number of nitrogens with zero attached hydrogens (tertiary/aromatic N) is 1. The maximum atomic E-state index is 9.77. The fraction of sp³-hybridized carbons (Fsp3) is 0.300. The van der Waals surface area contributed by atoms with E-state index in [1.165, 1.54) is 0 Å². The minimum Gasteiger partial charge on any atom is -0.389 e. The van der Waals surface area contributed by atoms with Crippen LogP contribution in [0.25, 0.3) is 10.9 Å². The van der Waals surface area contributed by atoms with E-state index in [0.717, 1.165) is 10.9 Å². The van der Waals surface area contributed by atoms with Crippen molar-refractivity contribution in [3.8, 4) is 0 Å². The molecule has 0 amide bonds. The van der Waals surface area contributed by atoms with E-state index >= 15 is 0 Å². The molecule has 2 aromatic rings. The van der Waals surface area contributed by atoms with Crippen molar-refractivity contribution in [2.24, 2.45) is 0 Å². The van der Waals surface area contributed by atoms with Gasteiger partial charge in [0.25, 0.3) is 0 Å². The molecule has 0 spiro atoms. The maximum Gasteiger partial charge on any atom is 0.123 e. The van der Waals surface area contributed by atoms with E-state index in [2.05, 4.69) is 10.2 Å². The first-order chi connectivity index (χ1) is 7.24. The number of hydrogen-bond acceptors (Lipinski definition) is 3. The molecule has 0 bridgehead atoms. The number of halogens is 1. The van der Waals surface area contributed by atoms with Gasteiger partial charge in [0, 0.05) is 5.39 Å². The third kappa shape index (κ3) is 1.84. The number of H-pyrrole nitrogens is 1. The van der Waals surface area contributed by atoms with Gasteiger partial charge >= 0.3 is 0 Å². The van der Waals surface area contributed by atoms with Crippen LogP contribution in [0.5, 0.6) is 0 Å². The molecule has 2 atom stereocenters. The molecular formula is C10H11ClN2O2. The number of fused-ring (bicyclic) bond motifs is 1. The van der Waals surface area contributed by atoms with Crippen LogP contribution in [0.1, 0.15) is 11.8 Å². The van der Waals surface area contributed by atoms with Crippen LogP contribution in [0.4, 0.5) is 0 Å². The van der Waals surface area contributed by atoms with Crippen LogP contribution < -0.4 is 0 Å². The van der Waals surface area contributed by atoms with Gasteiger partial charge in [-0.25, -0.2) is 0 Å². The van der Waals surface area contributed by atoms with Gasteiger partial charge in [-0.15, -0.1) is 11.6 Å². The summed E-state index contributed by atoms with van der Waals surface area (Å²) in [4.78, 5) is 0. The molecular weight excluding hydrogens is 216 g/mol. The fourth-order valence-corrected chi connectivity index (χ4v) is 1.65. The molecule has 4 nitrogen and oxygen atoms in total. The van der Waals surface area contributed by atoms with Gasteiger partial charge in [0.1, 0.15) is 6.10 Å². The highest BCUT2D eigenvalue weighted by atomic mass is 35.5. The minimum atomic E-state index is -1.03. The third-order valence-electron chi connectivity index (χ3n) is 2.31. The van der Waals surface area contributed by atoms with Gasteiger partial charge < -0.3 is 10.2 Å². The summed E-state index contributed by atoms with van der Waals surface area (Å²) in [6.45, 7) is 0. The molecule has 0 aliphatic rings. The number of benzene rings is 1. The van der Waals surface area contributed by atoms with Gasteiger partial charge in [-0.3, -0.25) is 5.10 Å². The lowest BCUT2D eigenvalue weighted by atomic mass is 10.1. The zero-order valence-corrected chi connectivity index (χ0v) is 8.65. The van der Waals surface area contributed by atoms with Crippen LogP contribution in [0.3, 0.4) is 0 Å². The summed E-state index contributed by atoms with van der Waals surface area (Å²) in [6.07, 6.45) is -2.02. The molecule has 0 saturated carbocycles. The monoisotopic (exact) mass is 226 g/mol. The molecule has 80 valence electrons. The normalized spacial score (nSPS) is 15.4. The summed E-state index contributed by atoms with van der Waals surface area (Å²) < 4.78 is 0. The van der Waals surface area contributed by atoms with E-state index in [9.17, 15) is 10.2 Å². The molecule has 0 aliphatic carbocycles. The molecule has 3 N–H and O–H groups in total. The Hall–Kier alpha value is -1.10. The van der Waals surface area contributed by atoms with Crippen molar-refractivity contribution in [2.45, 2.75) is 12.2 Å². The van der Waals surface area contributed by atoms with Crippen LogP contribution in [-0.4, -0.2) is 32.4 Å². The average Bonchev–Trinajstić information content (AvgIpc) is 2.70. The molecule has 1 aromatic carbocycles. The predicted molar refractivity (Wildman–Crippen MR) is 57.8 cm³/mol. The number of rotatable bonds is 3. The number of para-hydroxylation sites is 1. The van der Waals surface area contributed by atoms with Gasteiger partial charge in [-0.05, 0) is 6.07 Å². The largest absolute Gasteiger partial charge is 0.389 e. The van der Waals surface area contributed by atoms with Crippen molar-refractivity contribution in [2.75, 3.05) is 5.88 Å². The van der Waals surface area contributed by atoms with Gasteiger partial charge in [0.15, 0.2) is 0 Å². The molecule has 15 heavy (non-hydrogen) atoms. The van der Waals surface area contributed by atoms with Gasteiger partial charge in [-0.2, -0.15) is 5.10 Å². The van der Waals surface area contributed by atoms with Crippen LogP contribution in [0.2, 0.25) is 0 Å². The van der Waals surface area contributed by atoms with Crippen LogP contribution >= 0.6 is 11.6 Å². The van der Waals surface area contributed by atoms with E-state index in [0.29, 0.717) is 5.69 Å². The lowest BCUT2D eigenvalue weighted by molar-refractivity contribution is 0.0308. The molecule has 0 aliphatic heterocycles. The first-order valence-corrected chi connectivity index (χ1v) is 5.12. The molecule has 2 rings (SSSR count). The second-order valence-electron chi connectivity index (χ2n) is 3.32. The number of aromatic amines is 1. The van der Waals surface area contributed by atoms with Crippen LogP contribution in [0, 0.1) is 0 Å². The number of aromatic nitrogens is 2. The highest BCUT2D eigenvalue weighted by Crippen LogP contribution is 2.23. The first kappa shape index (κ1) is 10.4. The third-order valence-corrected chi connectivity index (χ3v) is 2.63. The van der Waals surface area contributed by atoms with Crippen molar-refractivity contribution < 1.29 is 10.2 Å². The summed E-state index contributed by atoms with van der Waals surface area (Å²) in [5.74, 6) is -0.0193. The van der Waals surface area contributed by atoms with Crippen molar-refractivity contribution in [1.82, 2.24) is 10.2 Å². The van der Waals surface area contributed by atoms with E-state index in [-0.39, 0.29) is 5.88 Å². The van der Waals surface area contributed by atoms with Crippen LogP contribution in [-0.2, 0) is 0 Å². The average molecular weight is 227 g/mol. The summed E-state index contributed by atoms with van der Waals surface area (Å²) in [5, 5.41) is 26.7. The van der Waals surface area contributed by atoms with Gasteiger partial charge in [0.05, 0.1) is 23.2 Å². The van der Waals surface area contributed by atoms with E-state index < -0.39 is 12.2 Å². The zero-order chi connectivity index (χ0) is 10.8. The second kappa shape index (κ2) is 4.18. The number of hydrogen-bond donors (Lipinski definition) is 3. The number of aliphatic hydroxyl groups excluding tert-OH is 2. The number of alkyl halides is 1.